The van der Waals surface area contributed by atoms with E-state index in [1.165, 1.54) is 0 Å². The van der Waals surface area contributed by atoms with Crippen LogP contribution in [0.1, 0.15) is 21.9 Å². The number of rotatable bonds is 1. The third kappa shape index (κ3) is 2.35. The van der Waals surface area contributed by atoms with Gasteiger partial charge in [0.2, 0.25) is 5.88 Å². The second kappa shape index (κ2) is 6.23. The number of thiophene rings is 1. The molecule has 1 unspecified atom stereocenters. The van der Waals surface area contributed by atoms with E-state index in [2.05, 4.69) is 6.07 Å². The van der Waals surface area contributed by atoms with Crippen molar-refractivity contribution < 1.29 is 4.74 Å². The zero-order valence-corrected chi connectivity index (χ0v) is 16.7. The van der Waals surface area contributed by atoms with Gasteiger partial charge < -0.3 is 15.0 Å². The quantitative estimate of drug-likeness (QED) is 0.518. The highest BCUT2D eigenvalue weighted by atomic mass is 32.1. The largest absolute Gasteiger partial charge is 0.439 e. The van der Waals surface area contributed by atoms with E-state index in [1.807, 2.05) is 55.5 Å². The summed E-state index contributed by atoms with van der Waals surface area (Å²) >= 11 is 1.65. The maximum absolute atomic E-state index is 13.5. The SMILES string of the molecule is Cc1sc2ccccc2c1C1C(C#N)=C(N)Oc2c1c(=O)n(C)c1ccccc21. The van der Waals surface area contributed by atoms with Gasteiger partial charge in [0.15, 0.2) is 0 Å². The van der Waals surface area contributed by atoms with Crippen LogP contribution in [0.5, 0.6) is 5.75 Å². The van der Waals surface area contributed by atoms with Crippen molar-refractivity contribution in [3.8, 4) is 11.8 Å². The number of aryl methyl sites for hydroxylation is 2. The standard InChI is InChI=1S/C23H17N3O2S/c1-12-18(14-8-4-6-10-17(14)29-12)19-15(11-24)22(25)28-21-13-7-3-5-9-16(13)26(2)23(27)20(19)21/h3-10,19H,25H2,1-2H3. The van der Waals surface area contributed by atoms with E-state index >= 15 is 0 Å². The average Bonchev–Trinajstić information content (AvgIpc) is 3.06. The van der Waals surface area contributed by atoms with Crippen LogP contribution in [0, 0.1) is 18.3 Å². The monoisotopic (exact) mass is 399 g/mol. The van der Waals surface area contributed by atoms with Gasteiger partial charge in [-0.3, -0.25) is 4.79 Å². The number of fused-ring (bicyclic) bond motifs is 4. The van der Waals surface area contributed by atoms with Gasteiger partial charge >= 0.3 is 0 Å². The Morgan fingerprint density at radius 1 is 1.10 bits per heavy atom. The van der Waals surface area contributed by atoms with Crippen LogP contribution in [-0.2, 0) is 7.05 Å². The Kier molecular flexibility index (Phi) is 3.76. The van der Waals surface area contributed by atoms with E-state index < -0.39 is 5.92 Å². The van der Waals surface area contributed by atoms with Crippen molar-refractivity contribution in [2.24, 2.45) is 12.8 Å². The number of hydrogen-bond acceptors (Lipinski definition) is 5. The smallest absolute Gasteiger partial charge is 0.258 e. The highest BCUT2D eigenvalue weighted by molar-refractivity contribution is 7.19. The Bertz CT molecular complexity index is 1450. The Morgan fingerprint density at radius 2 is 1.79 bits per heavy atom. The first-order valence-corrected chi connectivity index (χ1v) is 10.0. The van der Waals surface area contributed by atoms with Crippen molar-refractivity contribution in [3.05, 3.63) is 86.3 Å². The summed E-state index contributed by atoms with van der Waals surface area (Å²) in [5.74, 6) is -0.0684. The van der Waals surface area contributed by atoms with E-state index in [-0.39, 0.29) is 17.0 Å². The topological polar surface area (TPSA) is 81.0 Å². The molecule has 0 bridgehead atoms. The first-order chi connectivity index (χ1) is 14.0. The third-order valence-corrected chi connectivity index (χ3v) is 6.68. The lowest BCUT2D eigenvalue weighted by molar-refractivity contribution is 0.396. The zero-order valence-electron chi connectivity index (χ0n) is 15.9. The minimum atomic E-state index is -0.566. The first-order valence-electron chi connectivity index (χ1n) is 9.20. The average molecular weight is 399 g/mol. The van der Waals surface area contributed by atoms with Crippen molar-refractivity contribution in [1.82, 2.24) is 4.57 Å². The van der Waals surface area contributed by atoms with Gasteiger partial charge in [-0.05, 0) is 36.1 Å². The molecule has 1 atom stereocenters. The molecular weight excluding hydrogens is 382 g/mol. The van der Waals surface area contributed by atoms with Crippen LogP contribution >= 0.6 is 11.3 Å². The summed E-state index contributed by atoms with van der Waals surface area (Å²) in [6, 6.07) is 17.8. The Hall–Kier alpha value is -3.56. The van der Waals surface area contributed by atoms with Crippen molar-refractivity contribution in [1.29, 1.82) is 5.26 Å². The van der Waals surface area contributed by atoms with Gasteiger partial charge in [0, 0.05) is 22.0 Å². The first kappa shape index (κ1) is 17.5. The highest BCUT2D eigenvalue weighted by Crippen LogP contribution is 2.47. The van der Waals surface area contributed by atoms with Gasteiger partial charge in [-0.15, -0.1) is 11.3 Å². The fourth-order valence-electron chi connectivity index (χ4n) is 4.26. The van der Waals surface area contributed by atoms with Crippen LogP contribution in [0.3, 0.4) is 0 Å². The molecule has 3 heterocycles. The molecule has 0 aliphatic carbocycles. The molecule has 0 saturated heterocycles. The van der Waals surface area contributed by atoms with Crippen molar-refractivity contribution in [2.75, 3.05) is 0 Å². The molecule has 2 N–H and O–H groups in total. The fraction of sp³-hybridized carbons (Fsp3) is 0.130. The number of para-hydroxylation sites is 1. The Morgan fingerprint density at radius 3 is 2.55 bits per heavy atom. The highest BCUT2D eigenvalue weighted by Gasteiger charge is 2.37. The summed E-state index contributed by atoms with van der Waals surface area (Å²) in [4.78, 5) is 14.5. The summed E-state index contributed by atoms with van der Waals surface area (Å²) in [6.45, 7) is 2.02. The third-order valence-electron chi connectivity index (χ3n) is 5.57. The molecule has 0 amide bonds. The summed E-state index contributed by atoms with van der Waals surface area (Å²) in [5.41, 5.74) is 8.46. The van der Waals surface area contributed by atoms with Gasteiger partial charge in [-0.1, -0.05) is 30.3 Å². The maximum Gasteiger partial charge on any atom is 0.258 e. The number of ether oxygens (including phenoxy) is 1. The van der Waals surface area contributed by atoms with E-state index in [4.69, 9.17) is 10.5 Å². The summed E-state index contributed by atoms with van der Waals surface area (Å²) in [7, 11) is 1.74. The lowest BCUT2D eigenvalue weighted by Crippen LogP contribution is -2.31. The minimum Gasteiger partial charge on any atom is -0.439 e. The van der Waals surface area contributed by atoms with Crippen LogP contribution in [0.4, 0.5) is 0 Å². The molecule has 0 spiro atoms. The Balaban J connectivity index is 1.96. The molecule has 29 heavy (non-hydrogen) atoms. The van der Waals surface area contributed by atoms with Crippen molar-refractivity contribution in [2.45, 2.75) is 12.8 Å². The predicted molar refractivity (Wildman–Crippen MR) is 115 cm³/mol. The van der Waals surface area contributed by atoms with Crippen LogP contribution in [0.25, 0.3) is 21.0 Å². The van der Waals surface area contributed by atoms with Crippen LogP contribution < -0.4 is 16.0 Å². The molecule has 1 aliphatic rings. The van der Waals surface area contributed by atoms with E-state index in [0.29, 0.717) is 11.3 Å². The number of allylic oxidation sites excluding steroid dienone is 1. The molecule has 5 rings (SSSR count). The van der Waals surface area contributed by atoms with E-state index in [9.17, 15) is 10.1 Å². The molecule has 0 saturated carbocycles. The molecule has 0 radical (unpaired) electrons. The number of benzene rings is 2. The maximum atomic E-state index is 13.5. The second-order valence-corrected chi connectivity index (χ2v) is 8.37. The number of hydrogen-bond donors (Lipinski definition) is 1. The summed E-state index contributed by atoms with van der Waals surface area (Å²) in [6.07, 6.45) is 0. The van der Waals surface area contributed by atoms with Crippen molar-refractivity contribution >= 4 is 32.3 Å². The fourth-order valence-corrected chi connectivity index (χ4v) is 5.36. The molecule has 1 aliphatic heterocycles. The second-order valence-electron chi connectivity index (χ2n) is 7.12. The summed E-state index contributed by atoms with van der Waals surface area (Å²) < 4.78 is 8.62. The number of nitriles is 1. The number of nitrogens with two attached hydrogens (primary N) is 1. The molecule has 142 valence electrons. The number of pyridine rings is 1. The minimum absolute atomic E-state index is 0.0538. The number of aromatic nitrogens is 1. The lowest BCUT2D eigenvalue weighted by atomic mass is 9.82. The lowest BCUT2D eigenvalue weighted by Gasteiger charge is -2.28. The van der Waals surface area contributed by atoms with Gasteiger partial charge in [0.25, 0.3) is 5.56 Å². The molecule has 0 fully saturated rings. The van der Waals surface area contributed by atoms with Crippen molar-refractivity contribution in [3.63, 3.8) is 0 Å². The molecule has 2 aromatic heterocycles. The van der Waals surface area contributed by atoms with Gasteiger partial charge in [-0.25, -0.2) is 0 Å². The van der Waals surface area contributed by atoms with Gasteiger partial charge in [0.05, 0.1) is 17.0 Å². The molecule has 5 nitrogen and oxygen atoms in total. The molecule has 4 aromatic rings. The van der Waals surface area contributed by atoms with Crippen LogP contribution in [-0.4, -0.2) is 4.57 Å². The van der Waals surface area contributed by atoms with E-state index in [0.717, 1.165) is 31.4 Å². The predicted octanol–water partition coefficient (Wildman–Crippen LogP) is 4.28. The van der Waals surface area contributed by atoms with Crippen LogP contribution in [0.15, 0.2) is 64.8 Å². The Labute approximate surface area is 170 Å². The van der Waals surface area contributed by atoms with E-state index in [1.54, 1.807) is 23.0 Å². The van der Waals surface area contributed by atoms with Gasteiger partial charge in [0.1, 0.15) is 17.4 Å². The van der Waals surface area contributed by atoms with Gasteiger partial charge in [-0.2, -0.15) is 5.26 Å². The molecular formula is C23H17N3O2S. The molecule has 2 aromatic carbocycles. The number of nitrogens with zero attached hydrogens (tertiary/aromatic N) is 2. The normalized spacial score (nSPS) is 16.0. The van der Waals surface area contributed by atoms with Crippen LogP contribution in [0.2, 0.25) is 0 Å². The summed E-state index contributed by atoms with van der Waals surface area (Å²) in [5, 5.41) is 11.7. The molecule has 6 heteroatoms. The zero-order chi connectivity index (χ0) is 20.3.